The second-order valence-corrected chi connectivity index (χ2v) is 5.41. The van der Waals surface area contributed by atoms with Crippen LogP contribution in [0.3, 0.4) is 0 Å². The summed E-state index contributed by atoms with van der Waals surface area (Å²) in [7, 11) is 3.14. The van der Waals surface area contributed by atoms with Gasteiger partial charge in [-0.05, 0) is 29.3 Å². The Hall–Kier alpha value is -3.42. The summed E-state index contributed by atoms with van der Waals surface area (Å²) in [5.74, 6) is 1.07. The van der Waals surface area contributed by atoms with Crippen LogP contribution in [0.1, 0.15) is 27.7 Å². The largest absolute Gasteiger partial charge is 0.493 e. The number of aromatic nitrogens is 3. The Labute approximate surface area is 150 Å². The molecule has 0 spiro atoms. The molecule has 1 N–H and O–H groups in total. The number of pyridine rings is 1. The van der Waals surface area contributed by atoms with Crippen LogP contribution in [-0.4, -0.2) is 35.3 Å². The lowest BCUT2D eigenvalue weighted by Crippen LogP contribution is -2.23. The molecule has 8 heteroatoms. The Kier molecular flexibility index (Phi) is 5.43. The van der Waals surface area contributed by atoms with Crippen LogP contribution in [0.5, 0.6) is 11.5 Å². The fraction of sp³-hybridized carbons (Fsp3) is 0.222. The van der Waals surface area contributed by atoms with E-state index in [9.17, 15) is 4.79 Å². The van der Waals surface area contributed by atoms with E-state index in [1.807, 2.05) is 18.2 Å². The van der Waals surface area contributed by atoms with E-state index in [1.165, 1.54) is 0 Å². The number of carbonyl (C=O) groups excluding carboxylic acids is 1. The van der Waals surface area contributed by atoms with Crippen molar-refractivity contribution in [2.75, 3.05) is 14.2 Å². The third-order valence-corrected chi connectivity index (χ3v) is 3.64. The summed E-state index contributed by atoms with van der Waals surface area (Å²) < 4.78 is 15.9. The van der Waals surface area contributed by atoms with Crippen LogP contribution in [0.4, 0.5) is 0 Å². The molecule has 0 aliphatic rings. The van der Waals surface area contributed by atoms with Crippen LogP contribution in [0, 0.1) is 0 Å². The van der Waals surface area contributed by atoms with Gasteiger partial charge in [0.05, 0.1) is 20.6 Å². The van der Waals surface area contributed by atoms with Crippen molar-refractivity contribution in [2.24, 2.45) is 0 Å². The monoisotopic (exact) mass is 354 g/mol. The van der Waals surface area contributed by atoms with Crippen molar-refractivity contribution in [2.45, 2.75) is 13.0 Å². The molecule has 1 aromatic carbocycles. The van der Waals surface area contributed by atoms with Gasteiger partial charge in [0.2, 0.25) is 5.89 Å². The molecule has 2 aromatic heterocycles. The van der Waals surface area contributed by atoms with Crippen LogP contribution in [0.2, 0.25) is 0 Å². The molecule has 0 bridgehead atoms. The molecule has 0 aliphatic heterocycles. The van der Waals surface area contributed by atoms with Gasteiger partial charge < -0.3 is 19.2 Å². The van der Waals surface area contributed by atoms with E-state index >= 15 is 0 Å². The van der Waals surface area contributed by atoms with Crippen LogP contribution in [0.25, 0.3) is 0 Å². The summed E-state index contributed by atoms with van der Waals surface area (Å²) >= 11 is 0. The molecule has 0 saturated heterocycles. The number of nitrogens with zero attached hydrogens (tertiary/aromatic N) is 3. The average molecular weight is 354 g/mol. The Morgan fingerprint density at radius 1 is 1.12 bits per heavy atom. The Morgan fingerprint density at radius 2 is 1.96 bits per heavy atom. The minimum absolute atomic E-state index is 0.0793. The molecule has 0 unspecified atom stereocenters. The Balaban J connectivity index is 1.63. The predicted octanol–water partition coefficient (Wildman–Crippen LogP) is 2.00. The standard InChI is InChI=1S/C18H18N4O4/c1-24-14-6-5-12(8-15(14)25-2)9-16-21-22-18(26-16)17(23)20-11-13-4-3-7-19-10-13/h3-8,10H,9,11H2,1-2H3,(H,20,23). The van der Waals surface area contributed by atoms with Crippen molar-refractivity contribution in [1.82, 2.24) is 20.5 Å². The third kappa shape index (κ3) is 4.15. The van der Waals surface area contributed by atoms with Gasteiger partial charge in [-0.25, -0.2) is 0 Å². The van der Waals surface area contributed by atoms with Crippen molar-refractivity contribution >= 4 is 5.91 Å². The van der Waals surface area contributed by atoms with E-state index in [0.29, 0.717) is 30.4 Å². The molecule has 3 aromatic rings. The first kappa shape index (κ1) is 17.4. The maximum Gasteiger partial charge on any atom is 0.309 e. The highest BCUT2D eigenvalue weighted by atomic mass is 16.5. The number of ether oxygens (including phenoxy) is 2. The highest BCUT2D eigenvalue weighted by Gasteiger charge is 2.15. The first-order chi connectivity index (χ1) is 12.7. The van der Waals surface area contributed by atoms with E-state index in [1.54, 1.807) is 38.7 Å². The number of benzene rings is 1. The highest BCUT2D eigenvalue weighted by Crippen LogP contribution is 2.28. The molecule has 0 aliphatic carbocycles. The summed E-state index contributed by atoms with van der Waals surface area (Å²) in [6.45, 7) is 0.333. The maximum atomic E-state index is 12.1. The van der Waals surface area contributed by atoms with Crippen LogP contribution >= 0.6 is 0 Å². The normalized spacial score (nSPS) is 10.4. The lowest BCUT2D eigenvalue weighted by atomic mass is 10.1. The number of rotatable bonds is 7. The summed E-state index contributed by atoms with van der Waals surface area (Å²) in [6, 6.07) is 9.16. The lowest BCUT2D eigenvalue weighted by molar-refractivity contribution is 0.0914. The predicted molar refractivity (Wildman–Crippen MR) is 92.1 cm³/mol. The van der Waals surface area contributed by atoms with E-state index in [0.717, 1.165) is 11.1 Å². The smallest absolute Gasteiger partial charge is 0.309 e. The average Bonchev–Trinajstić information content (AvgIpc) is 3.15. The molecular formula is C18H18N4O4. The quantitative estimate of drug-likeness (QED) is 0.693. The molecule has 134 valence electrons. The van der Waals surface area contributed by atoms with E-state index in [2.05, 4.69) is 20.5 Å². The minimum atomic E-state index is -0.431. The Morgan fingerprint density at radius 3 is 2.69 bits per heavy atom. The van der Waals surface area contributed by atoms with Gasteiger partial charge >= 0.3 is 11.8 Å². The van der Waals surface area contributed by atoms with Gasteiger partial charge in [0.15, 0.2) is 11.5 Å². The first-order valence-corrected chi connectivity index (χ1v) is 7.90. The van der Waals surface area contributed by atoms with Gasteiger partial charge in [-0.1, -0.05) is 12.1 Å². The fourth-order valence-corrected chi connectivity index (χ4v) is 2.34. The number of hydrogen-bond acceptors (Lipinski definition) is 7. The molecule has 0 saturated carbocycles. The van der Waals surface area contributed by atoms with Gasteiger partial charge in [-0.2, -0.15) is 0 Å². The van der Waals surface area contributed by atoms with E-state index < -0.39 is 5.91 Å². The van der Waals surface area contributed by atoms with Crippen LogP contribution in [0.15, 0.2) is 47.1 Å². The zero-order valence-corrected chi connectivity index (χ0v) is 14.4. The zero-order chi connectivity index (χ0) is 18.4. The minimum Gasteiger partial charge on any atom is -0.493 e. The Bertz CT molecular complexity index is 880. The molecule has 0 fully saturated rings. The second kappa shape index (κ2) is 8.11. The summed E-state index contributed by atoms with van der Waals surface area (Å²) in [6.07, 6.45) is 3.73. The highest BCUT2D eigenvalue weighted by molar-refractivity contribution is 5.89. The number of hydrogen-bond donors (Lipinski definition) is 1. The van der Waals surface area contributed by atoms with Gasteiger partial charge in [0.1, 0.15) is 0 Å². The molecular weight excluding hydrogens is 336 g/mol. The van der Waals surface area contributed by atoms with Gasteiger partial charge in [-0.3, -0.25) is 9.78 Å². The number of amides is 1. The summed E-state index contributed by atoms with van der Waals surface area (Å²) in [5.41, 5.74) is 1.78. The molecule has 0 radical (unpaired) electrons. The zero-order valence-electron chi connectivity index (χ0n) is 14.4. The molecule has 8 nitrogen and oxygen atoms in total. The van der Waals surface area contributed by atoms with Crippen LogP contribution in [-0.2, 0) is 13.0 Å². The number of nitrogens with one attached hydrogen (secondary N) is 1. The molecule has 2 heterocycles. The summed E-state index contributed by atoms with van der Waals surface area (Å²) in [4.78, 5) is 16.1. The lowest BCUT2D eigenvalue weighted by Gasteiger charge is -2.08. The summed E-state index contributed by atoms with van der Waals surface area (Å²) in [5, 5.41) is 10.4. The number of carbonyl (C=O) groups is 1. The third-order valence-electron chi connectivity index (χ3n) is 3.64. The topological polar surface area (TPSA) is 99.4 Å². The molecule has 0 atom stereocenters. The SMILES string of the molecule is COc1ccc(Cc2nnc(C(=O)NCc3cccnc3)o2)cc1OC. The van der Waals surface area contributed by atoms with Crippen molar-refractivity contribution < 1.29 is 18.7 Å². The van der Waals surface area contributed by atoms with Crippen molar-refractivity contribution in [3.05, 3.63) is 65.6 Å². The van der Waals surface area contributed by atoms with Crippen molar-refractivity contribution in [3.63, 3.8) is 0 Å². The van der Waals surface area contributed by atoms with Crippen LogP contribution < -0.4 is 14.8 Å². The second-order valence-electron chi connectivity index (χ2n) is 5.41. The van der Waals surface area contributed by atoms with Gasteiger partial charge in [0, 0.05) is 18.9 Å². The molecule has 3 rings (SSSR count). The van der Waals surface area contributed by atoms with E-state index in [-0.39, 0.29) is 5.89 Å². The van der Waals surface area contributed by atoms with Crippen molar-refractivity contribution in [3.8, 4) is 11.5 Å². The van der Waals surface area contributed by atoms with Crippen molar-refractivity contribution in [1.29, 1.82) is 0 Å². The number of methoxy groups -OCH3 is 2. The molecule has 26 heavy (non-hydrogen) atoms. The maximum absolute atomic E-state index is 12.1. The first-order valence-electron chi connectivity index (χ1n) is 7.90. The fourth-order valence-electron chi connectivity index (χ4n) is 2.34. The van der Waals surface area contributed by atoms with E-state index in [4.69, 9.17) is 13.9 Å². The van der Waals surface area contributed by atoms with Gasteiger partial charge in [0.25, 0.3) is 0 Å². The van der Waals surface area contributed by atoms with Gasteiger partial charge in [-0.15, -0.1) is 10.2 Å². The molecule has 1 amide bonds.